The summed E-state index contributed by atoms with van der Waals surface area (Å²) in [7, 11) is 0. The number of nitrogens with one attached hydrogen (secondary N) is 1. The van der Waals surface area contributed by atoms with Gasteiger partial charge in [0.05, 0.1) is 6.54 Å². The number of thioether (sulfide) groups is 1. The lowest BCUT2D eigenvalue weighted by atomic mass is 9.86. The van der Waals surface area contributed by atoms with Crippen molar-refractivity contribution in [1.82, 2.24) is 25.0 Å². The van der Waals surface area contributed by atoms with E-state index in [9.17, 15) is 9.59 Å². The molecule has 2 aliphatic rings. The number of nitrogens with zero attached hydrogens (tertiary/aromatic N) is 4. The van der Waals surface area contributed by atoms with Crippen LogP contribution in [0.3, 0.4) is 0 Å². The molecule has 1 N–H and O–H groups in total. The normalized spacial score (nSPS) is 17.6. The average Bonchev–Trinajstić information content (AvgIpc) is 3.46. The predicted molar refractivity (Wildman–Crippen MR) is 122 cm³/mol. The van der Waals surface area contributed by atoms with Crippen LogP contribution in [0, 0.1) is 0 Å². The third-order valence-corrected chi connectivity index (χ3v) is 7.09. The fourth-order valence-corrected chi connectivity index (χ4v) is 5.18. The summed E-state index contributed by atoms with van der Waals surface area (Å²) < 4.78 is 2.32. The van der Waals surface area contributed by atoms with Crippen molar-refractivity contribution in [2.24, 2.45) is 0 Å². The molecule has 0 radical (unpaired) electrons. The van der Waals surface area contributed by atoms with Gasteiger partial charge in [0.25, 0.3) is 0 Å². The Hall–Kier alpha value is -2.35. The fourth-order valence-electron chi connectivity index (χ4n) is 4.25. The SMILES string of the molecule is CC(C)(C)c1ccc(-c2nnc(SCCCN3C(=O)CNC3=O)n2C2CCCC2)cc1. The number of carbonyl (C=O) groups is 2. The molecule has 0 atom stereocenters. The molecule has 2 fully saturated rings. The first-order chi connectivity index (χ1) is 14.8. The zero-order chi connectivity index (χ0) is 22.0. The third-order valence-electron chi connectivity index (χ3n) is 6.06. The molecule has 2 aromatic rings. The van der Waals surface area contributed by atoms with Crippen LogP contribution in [0.4, 0.5) is 4.79 Å². The van der Waals surface area contributed by atoms with E-state index >= 15 is 0 Å². The molecule has 1 aliphatic carbocycles. The van der Waals surface area contributed by atoms with Gasteiger partial charge in [0, 0.05) is 23.9 Å². The molecule has 8 heteroatoms. The van der Waals surface area contributed by atoms with Crippen molar-refractivity contribution >= 4 is 23.7 Å². The van der Waals surface area contributed by atoms with Crippen molar-refractivity contribution in [1.29, 1.82) is 0 Å². The monoisotopic (exact) mass is 441 g/mol. The van der Waals surface area contributed by atoms with Crippen LogP contribution in [0.1, 0.15) is 64.5 Å². The smallest absolute Gasteiger partial charge is 0.324 e. The summed E-state index contributed by atoms with van der Waals surface area (Å²) in [6, 6.07) is 8.83. The lowest BCUT2D eigenvalue weighted by Gasteiger charge is -2.20. The molecule has 0 spiro atoms. The number of aromatic nitrogens is 3. The second-order valence-corrected chi connectivity index (χ2v) is 10.4. The third kappa shape index (κ3) is 4.79. The Morgan fingerprint density at radius 1 is 1.10 bits per heavy atom. The van der Waals surface area contributed by atoms with Crippen LogP contribution >= 0.6 is 11.8 Å². The molecule has 31 heavy (non-hydrogen) atoms. The molecule has 2 heterocycles. The highest BCUT2D eigenvalue weighted by atomic mass is 32.2. The minimum absolute atomic E-state index is 0.110. The lowest BCUT2D eigenvalue weighted by Crippen LogP contribution is -2.32. The Morgan fingerprint density at radius 3 is 2.42 bits per heavy atom. The molecule has 0 unspecified atom stereocenters. The van der Waals surface area contributed by atoms with E-state index < -0.39 is 0 Å². The van der Waals surface area contributed by atoms with Crippen LogP contribution in [0.5, 0.6) is 0 Å². The van der Waals surface area contributed by atoms with Crippen molar-refractivity contribution < 1.29 is 9.59 Å². The Kier molecular flexibility index (Phi) is 6.36. The largest absolute Gasteiger partial charge is 0.329 e. The molecule has 1 saturated heterocycles. The van der Waals surface area contributed by atoms with Gasteiger partial charge in [-0.05, 0) is 30.2 Å². The molecule has 1 aromatic heterocycles. The van der Waals surface area contributed by atoms with Gasteiger partial charge >= 0.3 is 6.03 Å². The van der Waals surface area contributed by atoms with Crippen LogP contribution in [-0.4, -0.2) is 50.4 Å². The fraction of sp³-hybridized carbons (Fsp3) is 0.565. The van der Waals surface area contributed by atoms with Gasteiger partial charge in [-0.2, -0.15) is 0 Å². The van der Waals surface area contributed by atoms with Gasteiger partial charge in [-0.3, -0.25) is 14.3 Å². The van der Waals surface area contributed by atoms with E-state index in [1.807, 2.05) is 0 Å². The molecule has 4 rings (SSSR count). The van der Waals surface area contributed by atoms with Gasteiger partial charge in [-0.25, -0.2) is 4.79 Å². The molecule has 7 nitrogen and oxygen atoms in total. The first-order valence-electron chi connectivity index (χ1n) is 11.1. The van der Waals surface area contributed by atoms with E-state index in [-0.39, 0.29) is 23.9 Å². The number of urea groups is 1. The molecular formula is C23H31N5O2S. The maximum absolute atomic E-state index is 11.7. The first-order valence-corrected chi connectivity index (χ1v) is 12.1. The number of benzene rings is 1. The van der Waals surface area contributed by atoms with Crippen LogP contribution in [0.25, 0.3) is 11.4 Å². The Labute approximate surface area is 188 Å². The van der Waals surface area contributed by atoms with Gasteiger partial charge in [0.2, 0.25) is 5.91 Å². The van der Waals surface area contributed by atoms with Gasteiger partial charge in [0.1, 0.15) is 0 Å². The molecule has 1 saturated carbocycles. The number of carbonyl (C=O) groups excluding carboxylic acids is 2. The first kappa shape index (κ1) is 21.9. The minimum atomic E-state index is -0.287. The highest BCUT2D eigenvalue weighted by Crippen LogP contribution is 2.37. The van der Waals surface area contributed by atoms with E-state index in [4.69, 9.17) is 0 Å². The highest BCUT2D eigenvalue weighted by molar-refractivity contribution is 7.99. The Morgan fingerprint density at radius 2 is 1.81 bits per heavy atom. The molecule has 3 amide bonds. The Balaban J connectivity index is 1.49. The van der Waals surface area contributed by atoms with Gasteiger partial charge < -0.3 is 5.32 Å². The van der Waals surface area contributed by atoms with Crippen LogP contribution < -0.4 is 5.32 Å². The number of hydrogen-bond donors (Lipinski definition) is 1. The van der Waals surface area contributed by atoms with Crippen LogP contribution in [-0.2, 0) is 10.2 Å². The number of rotatable bonds is 7. The quantitative estimate of drug-likeness (QED) is 0.392. The van der Waals surface area contributed by atoms with Crippen molar-refractivity contribution in [3.63, 3.8) is 0 Å². The zero-order valence-corrected chi connectivity index (χ0v) is 19.4. The van der Waals surface area contributed by atoms with E-state index in [0.717, 1.165) is 41.6 Å². The number of hydrogen-bond acceptors (Lipinski definition) is 5. The lowest BCUT2D eigenvalue weighted by molar-refractivity contribution is -0.124. The van der Waals surface area contributed by atoms with E-state index in [0.29, 0.717) is 12.6 Å². The molecule has 1 aliphatic heterocycles. The standard InChI is InChI=1S/C23H31N5O2S/c1-23(2,3)17-11-9-16(10-12-17)20-25-26-22(28(20)18-7-4-5-8-18)31-14-6-13-27-19(29)15-24-21(27)30/h9-12,18H,4-8,13-15H2,1-3H3,(H,24,30). The summed E-state index contributed by atoms with van der Waals surface area (Å²) in [4.78, 5) is 24.7. The predicted octanol–water partition coefficient (Wildman–Crippen LogP) is 4.39. The molecule has 0 bridgehead atoms. The van der Waals surface area contributed by atoms with Crippen molar-refractivity contribution in [3.05, 3.63) is 29.8 Å². The van der Waals surface area contributed by atoms with Gasteiger partial charge in [-0.15, -0.1) is 10.2 Å². The summed E-state index contributed by atoms with van der Waals surface area (Å²) in [5.74, 6) is 1.57. The summed E-state index contributed by atoms with van der Waals surface area (Å²) in [5.41, 5.74) is 2.52. The molecule has 1 aromatic carbocycles. The van der Waals surface area contributed by atoms with Crippen molar-refractivity contribution in [3.8, 4) is 11.4 Å². The maximum atomic E-state index is 11.7. The average molecular weight is 442 g/mol. The second-order valence-electron chi connectivity index (χ2n) is 9.35. The van der Waals surface area contributed by atoms with Crippen molar-refractivity contribution in [2.45, 2.75) is 69.5 Å². The Bertz CT molecular complexity index is 926. The van der Waals surface area contributed by atoms with Gasteiger partial charge in [-0.1, -0.05) is 69.6 Å². The second kappa shape index (κ2) is 9.02. The summed E-state index contributed by atoms with van der Waals surface area (Å²) in [5, 5.41) is 12.6. The van der Waals surface area contributed by atoms with Crippen LogP contribution in [0.15, 0.2) is 29.4 Å². The van der Waals surface area contributed by atoms with E-state index in [2.05, 4.69) is 65.1 Å². The number of imide groups is 1. The summed E-state index contributed by atoms with van der Waals surface area (Å²) in [6.07, 6.45) is 5.52. The zero-order valence-electron chi connectivity index (χ0n) is 18.6. The molecule has 166 valence electrons. The topological polar surface area (TPSA) is 80.1 Å². The minimum Gasteiger partial charge on any atom is -0.329 e. The summed E-state index contributed by atoms with van der Waals surface area (Å²) in [6.45, 7) is 7.21. The van der Waals surface area contributed by atoms with Gasteiger partial charge in [0.15, 0.2) is 11.0 Å². The highest BCUT2D eigenvalue weighted by Gasteiger charge is 2.28. The van der Waals surface area contributed by atoms with E-state index in [1.54, 1.807) is 11.8 Å². The maximum Gasteiger partial charge on any atom is 0.324 e. The summed E-state index contributed by atoms with van der Waals surface area (Å²) >= 11 is 1.66. The van der Waals surface area contributed by atoms with E-state index in [1.165, 1.54) is 23.3 Å². The number of amides is 3. The van der Waals surface area contributed by atoms with Crippen molar-refractivity contribution in [2.75, 3.05) is 18.8 Å². The molecular weight excluding hydrogens is 410 g/mol. The van der Waals surface area contributed by atoms with Crippen LogP contribution in [0.2, 0.25) is 0 Å².